The van der Waals surface area contributed by atoms with Gasteiger partial charge in [-0.2, -0.15) is 0 Å². The minimum absolute atomic E-state index is 0.0628. The van der Waals surface area contributed by atoms with E-state index in [1.54, 1.807) is 24.3 Å². The molecule has 2 N–H and O–H groups in total. The molecule has 7 heteroatoms. The number of hydrogen-bond acceptors (Lipinski definition) is 2. The fraction of sp³-hybridized carbons (Fsp3) is 0.125. The molecule has 0 aliphatic rings. The molecule has 1 unspecified atom stereocenters. The SMILES string of the molecule is CC(NC(=O)c1ccc(Cl)c(Br)c1)C(=O)Nc1ccccc1F. The number of hydrogen-bond donors (Lipinski definition) is 2. The minimum atomic E-state index is -0.837. The van der Waals surface area contributed by atoms with Gasteiger partial charge >= 0.3 is 0 Å². The molecule has 0 saturated carbocycles. The summed E-state index contributed by atoms with van der Waals surface area (Å²) in [6, 6.07) is 9.65. The van der Waals surface area contributed by atoms with Crippen molar-refractivity contribution in [1.29, 1.82) is 0 Å². The zero-order chi connectivity index (χ0) is 17.0. The summed E-state index contributed by atoms with van der Waals surface area (Å²) >= 11 is 9.10. The number of carbonyl (C=O) groups excluding carboxylic acids is 2. The van der Waals surface area contributed by atoms with Gasteiger partial charge in [-0.15, -0.1) is 0 Å². The molecule has 2 aromatic rings. The van der Waals surface area contributed by atoms with Gasteiger partial charge in [0.25, 0.3) is 5.91 Å². The van der Waals surface area contributed by atoms with Crippen molar-refractivity contribution in [2.75, 3.05) is 5.32 Å². The van der Waals surface area contributed by atoms with Crippen LogP contribution in [0.5, 0.6) is 0 Å². The quantitative estimate of drug-likeness (QED) is 0.816. The Kier molecular flexibility index (Phi) is 5.74. The van der Waals surface area contributed by atoms with E-state index >= 15 is 0 Å². The lowest BCUT2D eigenvalue weighted by atomic mass is 10.2. The Hall–Kier alpha value is -1.92. The highest BCUT2D eigenvalue weighted by atomic mass is 79.9. The van der Waals surface area contributed by atoms with Crippen LogP contribution in [-0.2, 0) is 4.79 Å². The van der Waals surface area contributed by atoms with Crippen LogP contribution >= 0.6 is 27.5 Å². The maximum Gasteiger partial charge on any atom is 0.251 e. The molecule has 2 amide bonds. The molecule has 0 aliphatic carbocycles. The maximum absolute atomic E-state index is 13.5. The second-order valence-corrected chi connectivity index (χ2v) is 6.05. The van der Waals surface area contributed by atoms with Crippen LogP contribution in [0.4, 0.5) is 10.1 Å². The standard InChI is InChI=1S/C16H13BrClFN2O2/c1-9(15(22)21-14-5-3-2-4-13(14)19)20-16(23)10-6-7-12(18)11(17)8-10/h2-9H,1H3,(H,20,23)(H,21,22). The Morgan fingerprint density at radius 2 is 1.91 bits per heavy atom. The fourth-order valence-electron chi connectivity index (χ4n) is 1.79. The van der Waals surface area contributed by atoms with E-state index in [0.29, 0.717) is 15.1 Å². The van der Waals surface area contributed by atoms with E-state index in [-0.39, 0.29) is 5.69 Å². The first kappa shape index (κ1) is 17.4. The van der Waals surface area contributed by atoms with Crippen LogP contribution in [0.25, 0.3) is 0 Å². The summed E-state index contributed by atoms with van der Waals surface area (Å²) in [5.74, 6) is -1.49. The fourth-order valence-corrected chi connectivity index (χ4v) is 2.28. The molecule has 4 nitrogen and oxygen atoms in total. The largest absolute Gasteiger partial charge is 0.341 e. The van der Waals surface area contributed by atoms with Gasteiger partial charge in [0.15, 0.2) is 0 Å². The summed E-state index contributed by atoms with van der Waals surface area (Å²) in [6.45, 7) is 1.51. The van der Waals surface area contributed by atoms with Crippen LogP contribution < -0.4 is 10.6 Å². The zero-order valence-corrected chi connectivity index (χ0v) is 14.4. The number of anilines is 1. The van der Waals surface area contributed by atoms with Crippen LogP contribution in [0, 0.1) is 5.82 Å². The maximum atomic E-state index is 13.5. The van der Waals surface area contributed by atoms with E-state index in [9.17, 15) is 14.0 Å². The lowest BCUT2D eigenvalue weighted by molar-refractivity contribution is -0.117. The van der Waals surface area contributed by atoms with Crippen molar-refractivity contribution in [2.45, 2.75) is 13.0 Å². The van der Waals surface area contributed by atoms with Crippen molar-refractivity contribution in [3.05, 3.63) is 63.3 Å². The topological polar surface area (TPSA) is 58.2 Å². The Morgan fingerprint density at radius 3 is 2.57 bits per heavy atom. The number of amides is 2. The number of rotatable bonds is 4. The predicted octanol–water partition coefficient (Wildman–Crippen LogP) is 4.00. The number of nitrogens with one attached hydrogen (secondary N) is 2. The summed E-state index contributed by atoms with van der Waals surface area (Å²) in [4.78, 5) is 24.1. The van der Waals surface area contributed by atoms with E-state index < -0.39 is 23.7 Å². The average molecular weight is 400 g/mol. The molecule has 1 atom stereocenters. The molecule has 0 aliphatic heterocycles. The summed E-state index contributed by atoms with van der Waals surface area (Å²) in [5.41, 5.74) is 0.416. The molecule has 0 spiro atoms. The first-order valence-electron chi connectivity index (χ1n) is 6.70. The summed E-state index contributed by atoms with van der Waals surface area (Å²) in [5, 5.41) is 5.45. The van der Waals surface area contributed by atoms with Gasteiger partial charge in [-0.1, -0.05) is 23.7 Å². The van der Waals surface area contributed by atoms with E-state index in [1.165, 1.54) is 25.1 Å². The molecule has 23 heavy (non-hydrogen) atoms. The number of para-hydroxylation sites is 1. The van der Waals surface area contributed by atoms with Gasteiger partial charge in [0.1, 0.15) is 11.9 Å². The third-order valence-electron chi connectivity index (χ3n) is 3.05. The van der Waals surface area contributed by atoms with Crippen LogP contribution in [-0.4, -0.2) is 17.9 Å². The molecule has 0 bridgehead atoms. The highest BCUT2D eigenvalue weighted by Gasteiger charge is 2.18. The Balaban J connectivity index is 2.01. The Morgan fingerprint density at radius 1 is 1.22 bits per heavy atom. The van der Waals surface area contributed by atoms with Gasteiger partial charge in [0.2, 0.25) is 5.91 Å². The molecule has 2 aromatic carbocycles. The van der Waals surface area contributed by atoms with Gasteiger partial charge in [0.05, 0.1) is 10.7 Å². The van der Waals surface area contributed by atoms with E-state index in [2.05, 4.69) is 26.6 Å². The van der Waals surface area contributed by atoms with Crippen molar-refractivity contribution in [1.82, 2.24) is 5.32 Å². The summed E-state index contributed by atoms with van der Waals surface area (Å²) < 4.78 is 14.1. The first-order chi connectivity index (χ1) is 10.9. The van der Waals surface area contributed by atoms with Crippen molar-refractivity contribution in [3.63, 3.8) is 0 Å². The number of halogens is 3. The lowest BCUT2D eigenvalue weighted by Crippen LogP contribution is -2.41. The normalized spacial score (nSPS) is 11.7. The van der Waals surface area contributed by atoms with Gasteiger partial charge in [-0.05, 0) is 53.2 Å². The molecule has 2 rings (SSSR count). The molecule has 120 valence electrons. The van der Waals surface area contributed by atoms with Crippen molar-refractivity contribution >= 4 is 45.0 Å². The predicted molar refractivity (Wildman–Crippen MR) is 91.1 cm³/mol. The molecule has 0 aromatic heterocycles. The summed E-state index contributed by atoms with van der Waals surface area (Å²) in [7, 11) is 0. The van der Waals surface area contributed by atoms with E-state index in [0.717, 1.165) is 0 Å². The second kappa shape index (κ2) is 7.57. The molecule has 0 saturated heterocycles. The first-order valence-corrected chi connectivity index (χ1v) is 7.87. The molecular weight excluding hydrogens is 387 g/mol. The van der Waals surface area contributed by atoms with E-state index in [1.807, 2.05) is 0 Å². The van der Waals surface area contributed by atoms with Crippen LogP contribution in [0.2, 0.25) is 5.02 Å². The van der Waals surface area contributed by atoms with Gasteiger partial charge < -0.3 is 10.6 Å². The minimum Gasteiger partial charge on any atom is -0.341 e. The molecule has 0 heterocycles. The third kappa shape index (κ3) is 4.53. The van der Waals surface area contributed by atoms with Crippen LogP contribution in [0.15, 0.2) is 46.9 Å². The zero-order valence-electron chi connectivity index (χ0n) is 12.1. The second-order valence-electron chi connectivity index (χ2n) is 4.79. The molecular formula is C16H13BrClFN2O2. The number of carbonyl (C=O) groups is 2. The third-order valence-corrected chi connectivity index (χ3v) is 4.27. The highest BCUT2D eigenvalue weighted by Crippen LogP contribution is 2.23. The van der Waals surface area contributed by atoms with Crippen LogP contribution in [0.1, 0.15) is 17.3 Å². The highest BCUT2D eigenvalue weighted by molar-refractivity contribution is 9.10. The van der Waals surface area contributed by atoms with Crippen LogP contribution in [0.3, 0.4) is 0 Å². The lowest BCUT2D eigenvalue weighted by Gasteiger charge is -2.14. The van der Waals surface area contributed by atoms with E-state index in [4.69, 9.17) is 11.6 Å². The Bertz CT molecular complexity index is 755. The van der Waals surface area contributed by atoms with Crippen molar-refractivity contribution in [2.24, 2.45) is 0 Å². The van der Waals surface area contributed by atoms with Gasteiger partial charge in [-0.3, -0.25) is 9.59 Å². The Labute approximate surface area is 146 Å². The number of benzene rings is 2. The van der Waals surface area contributed by atoms with Gasteiger partial charge in [0, 0.05) is 10.0 Å². The van der Waals surface area contributed by atoms with Gasteiger partial charge in [-0.25, -0.2) is 4.39 Å². The molecule has 0 radical (unpaired) electrons. The summed E-state index contributed by atoms with van der Waals surface area (Å²) in [6.07, 6.45) is 0. The smallest absolute Gasteiger partial charge is 0.251 e. The van der Waals surface area contributed by atoms with Crippen molar-refractivity contribution < 1.29 is 14.0 Å². The monoisotopic (exact) mass is 398 g/mol. The van der Waals surface area contributed by atoms with Crippen molar-refractivity contribution in [3.8, 4) is 0 Å². The average Bonchev–Trinajstić information content (AvgIpc) is 2.52. The molecule has 0 fully saturated rings.